The smallest absolute Gasteiger partial charge is 0.291 e. The van der Waals surface area contributed by atoms with Crippen molar-refractivity contribution in [3.63, 3.8) is 0 Å². The topological polar surface area (TPSA) is 12.0 Å². The second-order valence-corrected chi connectivity index (χ2v) is 5.17. The molecule has 17 heavy (non-hydrogen) atoms. The van der Waals surface area contributed by atoms with Crippen LogP contribution in [0.2, 0.25) is 0 Å². The molecule has 1 aliphatic heterocycles. The summed E-state index contributed by atoms with van der Waals surface area (Å²) < 4.78 is 42.3. The van der Waals surface area contributed by atoms with E-state index >= 15 is 0 Å². The van der Waals surface area contributed by atoms with E-state index in [0.29, 0.717) is 17.4 Å². The molecule has 1 aliphatic rings. The van der Waals surface area contributed by atoms with Gasteiger partial charge in [-0.2, -0.15) is 8.78 Å². The molecule has 1 heterocycles. The third kappa shape index (κ3) is 2.65. The molecule has 94 valence electrons. The van der Waals surface area contributed by atoms with Crippen LogP contribution >= 0.6 is 15.9 Å². The highest BCUT2D eigenvalue weighted by molar-refractivity contribution is 9.10. The van der Waals surface area contributed by atoms with Crippen LogP contribution in [-0.2, 0) is 5.92 Å². The summed E-state index contributed by atoms with van der Waals surface area (Å²) >= 11 is 3.09. The van der Waals surface area contributed by atoms with E-state index < -0.39 is 23.3 Å². The zero-order valence-electron chi connectivity index (χ0n) is 9.15. The maximum Gasteiger partial charge on any atom is 0.291 e. The number of benzene rings is 1. The van der Waals surface area contributed by atoms with Crippen molar-refractivity contribution in [3.05, 3.63) is 34.1 Å². The summed E-state index contributed by atoms with van der Waals surface area (Å²) in [6.07, 6.45) is 2.02. The molecule has 1 saturated heterocycles. The molecule has 0 saturated carbocycles. The third-order valence-corrected chi connectivity index (χ3v) is 3.53. The van der Waals surface area contributed by atoms with Crippen molar-refractivity contribution in [2.24, 2.45) is 0 Å². The van der Waals surface area contributed by atoms with Gasteiger partial charge in [0.15, 0.2) is 0 Å². The summed E-state index contributed by atoms with van der Waals surface area (Å²) in [6.45, 7) is 0.565. The zero-order chi connectivity index (χ0) is 12.5. The van der Waals surface area contributed by atoms with Crippen molar-refractivity contribution in [2.75, 3.05) is 6.54 Å². The molecule has 0 amide bonds. The first-order chi connectivity index (χ1) is 8.01. The minimum absolute atomic E-state index is 0.374. The van der Waals surface area contributed by atoms with Gasteiger partial charge in [0.2, 0.25) is 0 Å². The highest BCUT2D eigenvalue weighted by Gasteiger charge is 2.43. The number of rotatable bonds is 2. The van der Waals surface area contributed by atoms with Crippen LogP contribution in [0.5, 0.6) is 0 Å². The van der Waals surface area contributed by atoms with Gasteiger partial charge < -0.3 is 5.32 Å². The molecule has 1 N–H and O–H groups in total. The second kappa shape index (κ2) is 4.98. The second-order valence-electron chi connectivity index (χ2n) is 4.25. The molecule has 0 spiro atoms. The van der Waals surface area contributed by atoms with E-state index in [2.05, 4.69) is 21.2 Å². The molecule has 1 aromatic carbocycles. The van der Waals surface area contributed by atoms with Gasteiger partial charge in [-0.3, -0.25) is 0 Å². The van der Waals surface area contributed by atoms with Crippen molar-refractivity contribution in [1.29, 1.82) is 0 Å². The first-order valence-electron chi connectivity index (χ1n) is 5.58. The van der Waals surface area contributed by atoms with E-state index in [1.807, 2.05) is 0 Å². The lowest BCUT2D eigenvalue weighted by Crippen LogP contribution is -2.46. The first-order valence-corrected chi connectivity index (χ1v) is 6.38. The molecule has 5 heteroatoms. The number of hydrogen-bond acceptors (Lipinski definition) is 1. The molecular formula is C12H13BrF3N. The highest BCUT2D eigenvalue weighted by Crippen LogP contribution is 2.37. The Morgan fingerprint density at radius 1 is 1.29 bits per heavy atom. The molecule has 0 aliphatic carbocycles. The normalized spacial score (nSPS) is 21.5. The van der Waals surface area contributed by atoms with Crippen LogP contribution in [0.15, 0.2) is 22.7 Å². The minimum Gasteiger partial charge on any atom is -0.308 e. The minimum atomic E-state index is -3.17. The van der Waals surface area contributed by atoms with Gasteiger partial charge in [0, 0.05) is 4.47 Å². The fourth-order valence-corrected chi connectivity index (χ4v) is 2.46. The lowest BCUT2D eigenvalue weighted by molar-refractivity contribution is -0.0541. The fraction of sp³-hybridized carbons (Fsp3) is 0.500. The Hall–Kier alpha value is -0.550. The van der Waals surface area contributed by atoms with Crippen LogP contribution in [0.25, 0.3) is 0 Å². The van der Waals surface area contributed by atoms with Gasteiger partial charge >= 0.3 is 0 Å². The number of nitrogens with one attached hydrogen (secondary N) is 1. The van der Waals surface area contributed by atoms with Crippen LogP contribution in [0.3, 0.4) is 0 Å². The lowest BCUT2D eigenvalue weighted by atomic mass is 9.93. The van der Waals surface area contributed by atoms with Crippen LogP contribution in [0, 0.1) is 5.82 Å². The van der Waals surface area contributed by atoms with E-state index in [0.717, 1.165) is 25.0 Å². The quantitative estimate of drug-likeness (QED) is 0.876. The first kappa shape index (κ1) is 12.9. The number of alkyl halides is 2. The Bertz CT molecular complexity index is 403. The van der Waals surface area contributed by atoms with Gasteiger partial charge in [-0.15, -0.1) is 0 Å². The number of piperidine rings is 1. The van der Waals surface area contributed by atoms with E-state index in [9.17, 15) is 13.2 Å². The van der Waals surface area contributed by atoms with Crippen molar-refractivity contribution in [1.82, 2.24) is 5.32 Å². The molecule has 1 nitrogen and oxygen atoms in total. The van der Waals surface area contributed by atoms with E-state index in [4.69, 9.17) is 0 Å². The summed E-state index contributed by atoms with van der Waals surface area (Å²) in [5.74, 6) is -4.03. The SMILES string of the molecule is Fc1ccc(Br)cc1C(F)(F)C1CCCCN1. The number of hydrogen-bond donors (Lipinski definition) is 1. The molecule has 1 aromatic rings. The van der Waals surface area contributed by atoms with Gasteiger partial charge in [-0.25, -0.2) is 4.39 Å². The average Bonchev–Trinajstić information content (AvgIpc) is 2.33. The monoisotopic (exact) mass is 307 g/mol. The van der Waals surface area contributed by atoms with Crippen LogP contribution in [0.4, 0.5) is 13.2 Å². The molecule has 1 atom stereocenters. The Balaban J connectivity index is 2.32. The van der Waals surface area contributed by atoms with E-state index in [-0.39, 0.29) is 0 Å². The van der Waals surface area contributed by atoms with Gasteiger partial charge in [-0.05, 0) is 37.6 Å². The van der Waals surface area contributed by atoms with Crippen LogP contribution in [0.1, 0.15) is 24.8 Å². The van der Waals surface area contributed by atoms with E-state index in [1.54, 1.807) is 0 Å². The van der Waals surface area contributed by atoms with Crippen molar-refractivity contribution >= 4 is 15.9 Å². The predicted octanol–water partition coefficient (Wildman–Crippen LogP) is 3.82. The van der Waals surface area contributed by atoms with E-state index in [1.165, 1.54) is 6.07 Å². The molecule has 0 bridgehead atoms. The summed E-state index contributed by atoms with van der Waals surface area (Å²) in [4.78, 5) is 0. The highest BCUT2D eigenvalue weighted by atomic mass is 79.9. The maximum atomic E-state index is 14.2. The summed E-state index contributed by atoms with van der Waals surface area (Å²) in [7, 11) is 0. The zero-order valence-corrected chi connectivity index (χ0v) is 10.7. The van der Waals surface area contributed by atoms with Crippen molar-refractivity contribution in [2.45, 2.75) is 31.2 Å². The predicted molar refractivity (Wildman–Crippen MR) is 63.6 cm³/mol. The molecule has 2 rings (SSSR count). The third-order valence-electron chi connectivity index (χ3n) is 3.04. The fourth-order valence-electron chi connectivity index (χ4n) is 2.10. The largest absolute Gasteiger partial charge is 0.308 e. The summed E-state index contributed by atoms with van der Waals surface area (Å²) in [5.41, 5.74) is -0.536. The molecular weight excluding hydrogens is 295 g/mol. The van der Waals surface area contributed by atoms with Gasteiger partial charge in [-0.1, -0.05) is 22.4 Å². The Morgan fingerprint density at radius 2 is 2.06 bits per heavy atom. The molecule has 1 unspecified atom stereocenters. The average molecular weight is 308 g/mol. The summed E-state index contributed by atoms with van der Waals surface area (Å²) in [5, 5.41) is 2.77. The van der Waals surface area contributed by atoms with Crippen molar-refractivity contribution < 1.29 is 13.2 Å². The van der Waals surface area contributed by atoms with Gasteiger partial charge in [0.25, 0.3) is 5.92 Å². The van der Waals surface area contributed by atoms with Crippen LogP contribution in [-0.4, -0.2) is 12.6 Å². The maximum absolute atomic E-state index is 14.2. The molecule has 1 fully saturated rings. The molecule has 0 aromatic heterocycles. The number of halogens is 4. The Labute approximate surface area is 107 Å². The lowest BCUT2D eigenvalue weighted by Gasteiger charge is -2.31. The van der Waals surface area contributed by atoms with Crippen LogP contribution < -0.4 is 5.32 Å². The Morgan fingerprint density at radius 3 is 2.71 bits per heavy atom. The standard InChI is InChI=1S/C12H13BrF3N/c13-8-4-5-10(14)9(7-8)12(15,16)11-3-1-2-6-17-11/h4-5,7,11,17H,1-3,6H2. The summed E-state index contributed by atoms with van der Waals surface area (Å²) in [6, 6.07) is 2.67. The Kier molecular flexibility index (Phi) is 3.78. The van der Waals surface area contributed by atoms with Crippen molar-refractivity contribution in [3.8, 4) is 0 Å². The van der Waals surface area contributed by atoms with Gasteiger partial charge in [0.1, 0.15) is 5.82 Å². The van der Waals surface area contributed by atoms with Gasteiger partial charge in [0.05, 0.1) is 11.6 Å². The molecule has 0 radical (unpaired) electrons.